The Balaban J connectivity index is 2.33. The molecule has 0 amide bonds. The van der Waals surface area contributed by atoms with E-state index in [1.165, 1.54) is 16.2 Å². The lowest BCUT2D eigenvalue weighted by molar-refractivity contribution is 0.339. The lowest BCUT2D eigenvalue weighted by atomic mass is 10.1. The molecule has 22 heavy (non-hydrogen) atoms. The van der Waals surface area contributed by atoms with E-state index in [0.717, 1.165) is 39.3 Å². The van der Waals surface area contributed by atoms with Crippen molar-refractivity contribution in [2.45, 2.75) is 39.8 Å². The van der Waals surface area contributed by atoms with Crippen LogP contribution in [0.4, 0.5) is 10.1 Å². The van der Waals surface area contributed by atoms with Gasteiger partial charge in [0.05, 0.1) is 16.6 Å². The molecular formula is C16H22FN3S2. The number of alkyl halides is 1. The molecule has 1 N–H and O–H groups in total. The summed E-state index contributed by atoms with van der Waals surface area (Å²) < 4.78 is 15.1. The molecule has 0 fully saturated rings. The zero-order valence-corrected chi connectivity index (χ0v) is 15.1. The number of allylic oxidation sites excluding steroid dienone is 1. The standard InChI is InChI=1S/C16H22FN3S2/c1-5-7-11(21-4)8-18-13-9-19-20-14-10(3)15(12(17)6-2)22-16(13)14/h7,9,12H,5-6,8H2,1-4H3,(H,18,20)/b11-7-. The van der Waals surface area contributed by atoms with E-state index >= 15 is 0 Å². The summed E-state index contributed by atoms with van der Waals surface area (Å²) in [5, 5.41) is 11.7. The van der Waals surface area contributed by atoms with Gasteiger partial charge in [0.2, 0.25) is 0 Å². The maximum absolute atomic E-state index is 14.1. The zero-order chi connectivity index (χ0) is 16.1. The maximum atomic E-state index is 14.1. The summed E-state index contributed by atoms with van der Waals surface area (Å²) in [5.74, 6) is 0. The predicted octanol–water partition coefficient (Wildman–Crippen LogP) is 5.49. The second-order valence-electron chi connectivity index (χ2n) is 5.04. The molecule has 0 aliphatic carbocycles. The first-order chi connectivity index (χ1) is 10.6. The summed E-state index contributed by atoms with van der Waals surface area (Å²) in [5.41, 5.74) is 2.66. The molecule has 2 aromatic heterocycles. The van der Waals surface area contributed by atoms with Crippen molar-refractivity contribution in [1.29, 1.82) is 0 Å². The average Bonchev–Trinajstić information content (AvgIpc) is 2.88. The molecule has 2 rings (SSSR count). The number of fused-ring (bicyclic) bond motifs is 1. The number of rotatable bonds is 7. The number of aromatic nitrogens is 2. The van der Waals surface area contributed by atoms with E-state index in [1.807, 2.05) is 13.8 Å². The number of thioether (sulfide) groups is 1. The van der Waals surface area contributed by atoms with Crippen LogP contribution >= 0.6 is 23.1 Å². The van der Waals surface area contributed by atoms with E-state index in [1.54, 1.807) is 18.0 Å². The molecule has 2 aromatic rings. The monoisotopic (exact) mass is 339 g/mol. The SMILES string of the molecule is CC/C=C(/CNc1cnnc2c(C)c(C(F)CC)sc12)SC. The molecule has 0 radical (unpaired) electrons. The summed E-state index contributed by atoms with van der Waals surface area (Å²) in [6, 6.07) is 0. The van der Waals surface area contributed by atoms with Crippen LogP contribution < -0.4 is 5.32 Å². The van der Waals surface area contributed by atoms with Gasteiger partial charge in [0.1, 0.15) is 11.7 Å². The Kier molecular flexibility index (Phi) is 6.20. The van der Waals surface area contributed by atoms with E-state index < -0.39 is 6.17 Å². The summed E-state index contributed by atoms with van der Waals surface area (Å²) in [4.78, 5) is 2.06. The Morgan fingerprint density at radius 1 is 1.50 bits per heavy atom. The molecular weight excluding hydrogens is 317 g/mol. The van der Waals surface area contributed by atoms with Crippen molar-refractivity contribution in [1.82, 2.24) is 10.2 Å². The largest absolute Gasteiger partial charge is 0.378 e. The fourth-order valence-corrected chi connectivity index (χ4v) is 4.12. The number of hydrogen-bond acceptors (Lipinski definition) is 5. The average molecular weight is 340 g/mol. The number of nitrogens with one attached hydrogen (secondary N) is 1. The molecule has 3 nitrogen and oxygen atoms in total. The van der Waals surface area contributed by atoms with Gasteiger partial charge in [-0.05, 0) is 36.5 Å². The highest BCUT2D eigenvalue weighted by atomic mass is 32.2. The van der Waals surface area contributed by atoms with Gasteiger partial charge in [-0.2, -0.15) is 5.10 Å². The van der Waals surface area contributed by atoms with Crippen LogP contribution in [0.15, 0.2) is 17.2 Å². The van der Waals surface area contributed by atoms with Crippen LogP contribution in [0.25, 0.3) is 10.2 Å². The van der Waals surface area contributed by atoms with Crippen molar-refractivity contribution in [3.63, 3.8) is 0 Å². The van der Waals surface area contributed by atoms with Crippen LogP contribution in [0.1, 0.15) is 43.3 Å². The molecule has 120 valence electrons. The minimum atomic E-state index is -0.922. The van der Waals surface area contributed by atoms with E-state index in [4.69, 9.17) is 0 Å². The first kappa shape index (κ1) is 17.2. The van der Waals surface area contributed by atoms with E-state index in [-0.39, 0.29) is 0 Å². The number of hydrogen-bond donors (Lipinski definition) is 1. The maximum Gasteiger partial charge on any atom is 0.134 e. The lowest BCUT2D eigenvalue weighted by Crippen LogP contribution is -2.03. The minimum Gasteiger partial charge on any atom is -0.378 e. The summed E-state index contributed by atoms with van der Waals surface area (Å²) in [6.07, 6.45) is 6.60. The second kappa shape index (κ2) is 7.92. The third-order valence-electron chi connectivity index (χ3n) is 3.53. The number of anilines is 1. The highest BCUT2D eigenvalue weighted by molar-refractivity contribution is 8.02. The highest BCUT2D eigenvalue weighted by Crippen LogP contribution is 2.39. The van der Waals surface area contributed by atoms with Gasteiger partial charge in [-0.1, -0.05) is 19.9 Å². The van der Waals surface area contributed by atoms with Gasteiger partial charge >= 0.3 is 0 Å². The smallest absolute Gasteiger partial charge is 0.134 e. The van der Waals surface area contributed by atoms with Gasteiger partial charge in [0, 0.05) is 11.4 Å². The zero-order valence-electron chi connectivity index (χ0n) is 13.4. The third kappa shape index (κ3) is 3.60. The van der Waals surface area contributed by atoms with Gasteiger partial charge in [-0.25, -0.2) is 4.39 Å². The van der Waals surface area contributed by atoms with Crippen LogP contribution in [-0.4, -0.2) is 23.0 Å². The van der Waals surface area contributed by atoms with E-state index in [9.17, 15) is 4.39 Å². The summed E-state index contributed by atoms with van der Waals surface area (Å²) in [7, 11) is 0. The number of thiophene rings is 1. The molecule has 0 saturated heterocycles. The first-order valence-corrected chi connectivity index (χ1v) is 9.52. The van der Waals surface area contributed by atoms with Crippen molar-refractivity contribution in [3.8, 4) is 0 Å². The van der Waals surface area contributed by atoms with Crippen molar-refractivity contribution in [2.24, 2.45) is 0 Å². The number of halogens is 1. The van der Waals surface area contributed by atoms with Gasteiger partial charge < -0.3 is 5.32 Å². The molecule has 1 unspecified atom stereocenters. The Morgan fingerprint density at radius 2 is 2.27 bits per heavy atom. The van der Waals surface area contributed by atoms with Crippen molar-refractivity contribution < 1.29 is 4.39 Å². The van der Waals surface area contributed by atoms with E-state index in [2.05, 4.69) is 34.8 Å². The fourth-order valence-electron chi connectivity index (χ4n) is 2.28. The van der Waals surface area contributed by atoms with Crippen molar-refractivity contribution >= 4 is 39.0 Å². The highest BCUT2D eigenvalue weighted by Gasteiger charge is 2.19. The topological polar surface area (TPSA) is 37.8 Å². The van der Waals surface area contributed by atoms with Crippen molar-refractivity contribution in [3.05, 3.63) is 27.6 Å². The Morgan fingerprint density at radius 3 is 2.91 bits per heavy atom. The predicted molar refractivity (Wildman–Crippen MR) is 96.7 cm³/mol. The van der Waals surface area contributed by atoms with Crippen LogP contribution in [0.5, 0.6) is 0 Å². The van der Waals surface area contributed by atoms with Crippen LogP contribution in [0.3, 0.4) is 0 Å². The van der Waals surface area contributed by atoms with Gasteiger partial charge in [0.15, 0.2) is 0 Å². The lowest BCUT2D eigenvalue weighted by Gasteiger charge is -2.08. The molecule has 2 heterocycles. The van der Waals surface area contributed by atoms with Crippen LogP contribution in [0, 0.1) is 6.92 Å². The quantitative estimate of drug-likeness (QED) is 0.724. The first-order valence-electron chi connectivity index (χ1n) is 7.47. The molecule has 0 aromatic carbocycles. The molecule has 0 saturated carbocycles. The van der Waals surface area contributed by atoms with Crippen LogP contribution in [0.2, 0.25) is 0 Å². The Labute approximate surface area is 139 Å². The molecule has 0 bridgehead atoms. The third-order valence-corrected chi connectivity index (χ3v) is 5.77. The second-order valence-corrected chi connectivity index (χ2v) is 7.02. The molecule has 6 heteroatoms. The van der Waals surface area contributed by atoms with Gasteiger partial charge in [0.25, 0.3) is 0 Å². The molecule has 0 spiro atoms. The van der Waals surface area contributed by atoms with Crippen LogP contribution in [-0.2, 0) is 0 Å². The van der Waals surface area contributed by atoms with Crippen molar-refractivity contribution in [2.75, 3.05) is 18.1 Å². The molecule has 1 atom stereocenters. The van der Waals surface area contributed by atoms with Gasteiger partial charge in [-0.3, -0.25) is 0 Å². The normalized spacial score (nSPS) is 13.6. The number of nitrogens with zero attached hydrogens (tertiary/aromatic N) is 2. The Hall–Kier alpha value is -1.14. The molecule has 0 aliphatic heterocycles. The fraction of sp³-hybridized carbons (Fsp3) is 0.500. The summed E-state index contributed by atoms with van der Waals surface area (Å²) >= 11 is 3.23. The van der Waals surface area contributed by atoms with E-state index in [0.29, 0.717) is 6.42 Å². The minimum absolute atomic E-state index is 0.486. The molecule has 0 aliphatic rings. The number of aryl methyl sites for hydroxylation is 1. The summed E-state index contributed by atoms with van der Waals surface area (Å²) in [6.45, 7) is 6.68. The van der Waals surface area contributed by atoms with Gasteiger partial charge in [-0.15, -0.1) is 28.2 Å². The Bertz CT molecular complexity index is 667.